The standard InChI is InChI=1S/C14H12FN3O4S/c1-17(14(20)11-5-6-13(23-11)18(21)22)8-12(19)16-10-4-2-3-9(15)7-10/h2-7H,8H2,1H3,(H,16,19). The van der Waals surface area contributed by atoms with Crippen LogP contribution in [0.5, 0.6) is 0 Å². The van der Waals surface area contributed by atoms with Crippen molar-refractivity contribution in [2.24, 2.45) is 0 Å². The Morgan fingerprint density at radius 3 is 2.70 bits per heavy atom. The normalized spacial score (nSPS) is 10.2. The summed E-state index contributed by atoms with van der Waals surface area (Å²) in [7, 11) is 1.40. The number of likely N-dealkylation sites (N-methyl/N-ethyl adjacent to an activating group) is 1. The highest BCUT2D eigenvalue weighted by Crippen LogP contribution is 2.24. The van der Waals surface area contributed by atoms with E-state index in [2.05, 4.69) is 5.32 Å². The van der Waals surface area contributed by atoms with Gasteiger partial charge in [0.2, 0.25) is 5.91 Å². The van der Waals surface area contributed by atoms with Crippen molar-refractivity contribution in [2.75, 3.05) is 18.9 Å². The fraction of sp³-hybridized carbons (Fsp3) is 0.143. The van der Waals surface area contributed by atoms with Crippen molar-refractivity contribution in [2.45, 2.75) is 0 Å². The van der Waals surface area contributed by atoms with Gasteiger partial charge in [0.05, 0.1) is 16.3 Å². The molecule has 0 aliphatic heterocycles. The van der Waals surface area contributed by atoms with E-state index in [1.807, 2.05) is 0 Å². The molecule has 1 aromatic heterocycles. The first-order valence-electron chi connectivity index (χ1n) is 6.42. The maximum absolute atomic E-state index is 13.0. The Hall–Kier alpha value is -2.81. The molecule has 0 unspecified atom stereocenters. The number of nitrogens with one attached hydrogen (secondary N) is 1. The van der Waals surface area contributed by atoms with Crippen LogP contribution in [0.1, 0.15) is 9.67 Å². The van der Waals surface area contributed by atoms with Gasteiger partial charge >= 0.3 is 5.00 Å². The Bertz CT molecular complexity index is 762. The number of benzene rings is 1. The largest absolute Gasteiger partial charge is 0.332 e. The minimum absolute atomic E-state index is 0.147. The van der Waals surface area contributed by atoms with Crippen molar-refractivity contribution in [3.05, 3.63) is 57.2 Å². The van der Waals surface area contributed by atoms with Crippen LogP contribution in [0, 0.1) is 15.9 Å². The summed E-state index contributed by atoms with van der Waals surface area (Å²) in [5.74, 6) is -1.49. The number of halogens is 1. The molecule has 0 fully saturated rings. The predicted molar refractivity (Wildman–Crippen MR) is 83.0 cm³/mol. The molecule has 2 aromatic rings. The van der Waals surface area contributed by atoms with Gasteiger partial charge in [-0.25, -0.2) is 4.39 Å². The molecule has 0 aliphatic carbocycles. The van der Waals surface area contributed by atoms with E-state index >= 15 is 0 Å². The zero-order chi connectivity index (χ0) is 17.0. The first-order chi connectivity index (χ1) is 10.9. The summed E-state index contributed by atoms with van der Waals surface area (Å²) in [4.78, 5) is 35.3. The summed E-state index contributed by atoms with van der Waals surface area (Å²) in [5, 5.41) is 12.9. The van der Waals surface area contributed by atoms with Crippen LogP contribution in [0.4, 0.5) is 15.1 Å². The Balaban J connectivity index is 1.97. The molecule has 0 atom stereocenters. The zero-order valence-electron chi connectivity index (χ0n) is 12.0. The first kappa shape index (κ1) is 16.6. The molecule has 0 bridgehead atoms. The second-order valence-electron chi connectivity index (χ2n) is 4.61. The van der Waals surface area contributed by atoms with Gasteiger partial charge in [0.15, 0.2) is 0 Å². The van der Waals surface area contributed by atoms with Gasteiger partial charge in [-0.15, -0.1) is 0 Å². The maximum atomic E-state index is 13.0. The number of carbonyl (C=O) groups excluding carboxylic acids is 2. The number of hydrogen-bond donors (Lipinski definition) is 1. The molecule has 0 saturated heterocycles. The molecule has 0 aliphatic rings. The summed E-state index contributed by atoms with van der Waals surface area (Å²) >= 11 is 0.739. The van der Waals surface area contributed by atoms with E-state index in [9.17, 15) is 24.1 Å². The molecule has 2 rings (SSSR count). The van der Waals surface area contributed by atoms with Crippen molar-refractivity contribution < 1.29 is 18.9 Å². The maximum Gasteiger partial charge on any atom is 0.324 e. The van der Waals surface area contributed by atoms with E-state index in [4.69, 9.17) is 0 Å². The van der Waals surface area contributed by atoms with Gasteiger partial charge in [-0.05, 0) is 24.3 Å². The third kappa shape index (κ3) is 4.33. The monoisotopic (exact) mass is 337 g/mol. The van der Waals surface area contributed by atoms with Gasteiger partial charge in [-0.2, -0.15) is 0 Å². The fourth-order valence-corrected chi connectivity index (χ4v) is 2.60. The molecule has 0 spiro atoms. The third-order valence-corrected chi connectivity index (χ3v) is 3.84. The van der Waals surface area contributed by atoms with Crippen molar-refractivity contribution in [3.8, 4) is 0 Å². The lowest BCUT2D eigenvalue weighted by Gasteiger charge is -2.15. The highest BCUT2D eigenvalue weighted by atomic mass is 32.1. The third-order valence-electron chi connectivity index (χ3n) is 2.82. The predicted octanol–water partition coefficient (Wildman–Crippen LogP) is 2.51. The van der Waals surface area contributed by atoms with Crippen LogP contribution < -0.4 is 5.32 Å². The van der Waals surface area contributed by atoms with E-state index in [1.54, 1.807) is 0 Å². The molecular formula is C14H12FN3O4S. The highest BCUT2D eigenvalue weighted by molar-refractivity contribution is 7.17. The number of anilines is 1. The molecule has 2 amide bonds. The summed E-state index contributed by atoms with van der Waals surface area (Å²) in [6.07, 6.45) is 0. The number of hydrogen-bond acceptors (Lipinski definition) is 5. The molecule has 1 heterocycles. The Morgan fingerprint density at radius 2 is 2.09 bits per heavy atom. The smallest absolute Gasteiger partial charge is 0.324 e. The molecule has 0 radical (unpaired) electrons. The molecule has 23 heavy (non-hydrogen) atoms. The van der Waals surface area contributed by atoms with Gasteiger partial charge in [0, 0.05) is 18.8 Å². The SMILES string of the molecule is CN(CC(=O)Nc1cccc(F)c1)C(=O)c1ccc([N+](=O)[O-])s1. The van der Waals surface area contributed by atoms with Crippen molar-refractivity contribution in [1.82, 2.24) is 4.90 Å². The quantitative estimate of drug-likeness (QED) is 0.670. The summed E-state index contributed by atoms with van der Waals surface area (Å²) in [5.41, 5.74) is 0.280. The summed E-state index contributed by atoms with van der Waals surface area (Å²) < 4.78 is 13.0. The molecule has 120 valence electrons. The minimum Gasteiger partial charge on any atom is -0.332 e. The van der Waals surface area contributed by atoms with Crippen LogP contribution in [0.15, 0.2) is 36.4 Å². The molecule has 1 N–H and O–H groups in total. The second kappa shape index (κ2) is 6.97. The summed E-state index contributed by atoms with van der Waals surface area (Å²) in [6, 6.07) is 7.94. The lowest BCUT2D eigenvalue weighted by atomic mass is 10.3. The summed E-state index contributed by atoms with van der Waals surface area (Å²) in [6.45, 7) is -0.263. The Morgan fingerprint density at radius 1 is 1.35 bits per heavy atom. The van der Waals surface area contributed by atoms with E-state index in [-0.39, 0.29) is 22.1 Å². The van der Waals surface area contributed by atoms with E-state index in [1.165, 1.54) is 37.4 Å². The first-order valence-corrected chi connectivity index (χ1v) is 7.23. The number of carbonyl (C=O) groups is 2. The Kier molecular flexibility index (Phi) is 5.02. The van der Waals surface area contributed by atoms with Crippen molar-refractivity contribution in [3.63, 3.8) is 0 Å². The molecule has 9 heteroatoms. The number of thiophene rings is 1. The number of amides is 2. The van der Waals surface area contributed by atoms with Crippen LogP contribution in [-0.2, 0) is 4.79 Å². The Labute approximate surface area is 134 Å². The second-order valence-corrected chi connectivity index (χ2v) is 5.68. The van der Waals surface area contributed by atoms with Crippen molar-refractivity contribution in [1.29, 1.82) is 0 Å². The van der Waals surface area contributed by atoms with Crippen LogP contribution in [0.3, 0.4) is 0 Å². The number of nitro groups is 1. The van der Waals surface area contributed by atoms with Gasteiger partial charge in [0.1, 0.15) is 5.82 Å². The molecule has 7 nitrogen and oxygen atoms in total. The van der Waals surface area contributed by atoms with Gasteiger partial charge in [0.25, 0.3) is 5.91 Å². The van der Waals surface area contributed by atoms with Crippen LogP contribution in [-0.4, -0.2) is 35.2 Å². The van der Waals surface area contributed by atoms with Gasteiger partial charge < -0.3 is 10.2 Å². The minimum atomic E-state index is -0.585. The fourth-order valence-electron chi connectivity index (χ4n) is 1.78. The van der Waals surface area contributed by atoms with Gasteiger partial charge in [-0.1, -0.05) is 17.4 Å². The number of nitrogens with zero attached hydrogens (tertiary/aromatic N) is 2. The average Bonchev–Trinajstić information content (AvgIpc) is 2.96. The lowest BCUT2D eigenvalue weighted by molar-refractivity contribution is -0.380. The van der Waals surface area contributed by atoms with E-state index in [0.717, 1.165) is 22.3 Å². The van der Waals surface area contributed by atoms with E-state index < -0.39 is 22.6 Å². The van der Waals surface area contributed by atoms with Crippen LogP contribution in [0.25, 0.3) is 0 Å². The zero-order valence-corrected chi connectivity index (χ0v) is 12.8. The topological polar surface area (TPSA) is 92.6 Å². The van der Waals surface area contributed by atoms with Crippen LogP contribution in [0.2, 0.25) is 0 Å². The van der Waals surface area contributed by atoms with Crippen molar-refractivity contribution >= 4 is 33.8 Å². The van der Waals surface area contributed by atoms with E-state index in [0.29, 0.717) is 0 Å². The van der Waals surface area contributed by atoms with Gasteiger partial charge in [-0.3, -0.25) is 19.7 Å². The highest BCUT2D eigenvalue weighted by Gasteiger charge is 2.20. The average molecular weight is 337 g/mol. The number of rotatable bonds is 5. The molecule has 1 aromatic carbocycles. The molecule has 0 saturated carbocycles. The lowest BCUT2D eigenvalue weighted by Crippen LogP contribution is -2.34. The molecular weight excluding hydrogens is 325 g/mol. The van der Waals surface area contributed by atoms with Crippen LogP contribution >= 0.6 is 11.3 Å².